The second-order valence-electron chi connectivity index (χ2n) is 8.24. The maximum absolute atomic E-state index is 12.7. The van der Waals surface area contributed by atoms with Crippen LogP contribution >= 0.6 is 11.3 Å². The van der Waals surface area contributed by atoms with Gasteiger partial charge in [0.25, 0.3) is 0 Å². The summed E-state index contributed by atoms with van der Waals surface area (Å²) in [5.41, 5.74) is 9.08. The van der Waals surface area contributed by atoms with Gasteiger partial charge in [-0.1, -0.05) is 49.0 Å². The molecule has 9 heteroatoms. The Hall–Kier alpha value is -2.91. The van der Waals surface area contributed by atoms with E-state index in [9.17, 15) is 18.0 Å². The van der Waals surface area contributed by atoms with Crippen molar-refractivity contribution in [2.45, 2.75) is 51.7 Å². The number of unbranched alkanes of at least 4 members (excludes halogenated alkanes) is 1. The van der Waals surface area contributed by atoms with Crippen molar-refractivity contribution in [2.75, 3.05) is 11.9 Å². The summed E-state index contributed by atoms with van der Waals surface area (Å²) in [7, 11) is 0. The largest absolute Gasteiger partial charge is 0.416 e. The third kappa shape index (κ3) is 7.30. The zero-order chi connectivity index (χ0) is 24.7. The molecule has 0 aliphatic carbocycles. The van der Waals surface area contributed by atoms with Crippen molar-refractivity contribution in [1.29, 1.82) is 0 Å². The van der Waals surface area contributed by atoms with Crippen LogP contribution in [0.4, 0.5) is 18.3 Å². The molecule has 1 amide bonds. The van der Waals surface area contributed by atoms with Crippen molar-refractivity contribution in [2.24, 2.45) is 5.73 Å². The van der Waals surface area contributed by atoms with Gasteiger partial charge in [0.05, 0.1) is 16.9 Å². The number of allylic oxidation sites excluding steroid dienone is 5. The van der Waals surface area contributed by atoms with E-state index in [1.165, 1.54) is 23.5 Å². The molecule has 2 aromatic rings. The Morgan fingerprint density at radius 2 is 2.06 bits per heavy atom. The first kappa shape index (κ1) is 25.7. The van der Waals surface area contributed by atoms with Crippen molar-refractivity contribution < 1.29 is 18.0 Å². The second-order valence-corrected chi connectivity index (χ2v) is 9.27. The van der Waals surface area contributed by atoms with Crippen molar-refractivity contribution in [3.8, 4) is 0 Å². The van der Waals surface area contributed by atoms with Gasteiger partial charge in [0.15, 0.2) is 5.13 Å². The second kappa shape index (κ2) is 11.5. The molecule has 1 atom stereocenters. The molecule has 1 aromatic heterocycles. The topological polar surface area (TPSA) is 80.0 Å². The van der Waals surface area contributed by atoms with E-state index >= 15 is 0 Å². The quantitative estimate of drug-likeness (QED) is 0.375. The van der Waals surface area contributed by atoms with Crippen LogP contribution < -0.4 is 16.4 Å². The Morgan fingerprint density at radius 1 is 1.32 bits per heavy atom. The van der Waals surface area contributed by atoms with Crippen LogP contribution in [-0.2, 0) is 17.4 Å². The molecule has 1 aliphatic heterocycles. The first-order chi connectivity index (χ1) is 16.2. The fourth-order valence-corrected chi connectivity index (χ4v) is 4.30. The maximum Gasteiger partial charge on any atom is 0.416 e. The third-order valence-electron chi connectivity index (χ3n) is 5.33. The number of anilines is 1. The monoisotopic (exact) mass is 490 g/mol. The maximum atomic E-state index is 12.7. The van der Waals surface area contributed by atoms with E-state index in [2.05, 4.69) is 34.7 Å². The molecule has 0 radical (unpaired) electrons. The summed E-state index contributed by atoms with van der Waals surface area (Å²) < 4.78 is 38.1. The summed E-state index contributed by atoms with van der Waals surface area (Å²) in [6, 6.07) is 4.79. The Kier molecular flexibility index (Phi) is 8.68. The number of nitrogens with zero attached hydrogens (tertiary/aromatic N) is 1. The fraction of sp³-hybridized carbons (Fsp3) is 0.360. The van der Waals surface area contributed by atoms with E-state index in [1.54, 1.807) is 6.20 Å². The zero-order valence-corrected chi connectivity index (χ0v) is 20.0. The number of nitrogens with two attached hydrogens (primary N) is 1. The Morgan fingerprint density at radius 3 is 2.68 bits per heavy atom. The number of alkyl halides is 3. The lowest BCUT2D eigenvalue weighted by atomic mass is 10.0. The highest BCUT2D eigenvalue weighted by atomic mass is 32.1. The van der Waals surface area contributed by atoms with Gasteiger partial charge in [0.1, 0.15) is 0 Å². The first-order valence-corrected chi connectivity index (χ1v) is 12.0. The van der Waals surface area contributed by atoms with Gasteiger partial charge < -0.3 is 16.4 Å². The van der Waals surface area contributed by atoms with Crippen LogP contribution in [0.5, 0.6) is 0 Å². The zero-order valence-electron chi connectivity index (χ0n) is 19.2. The summed E-state index contributed by atoms with van der Waals surface area (Å²) in [6.45, 7) is 4.44. The van der Waals surface area contributed by atoms with E-state index in [4.69, 9.17) is 5.73 Å². The van der Waals surface area contributed by atoms with E-state index in [0.29, 0.717) is 24.5 Å². The molecule has 34 heavy (non-hydrogen) atoms. The molecule has 5 nitrogen and oxygen atoms in total. The molecule has 0 fully saturated rings. The number of rotatable bonds is 10. The van der Waals surface area contributed by atoms with E-state index in [1.807, 2.05) is 13.0 Å². The first-order valence-electron chi connectivity index (χ1n) is 11.1. The molecule has 1 aromatic carbocycles. The molecule has 1 unspecified atom stereocenters. The van der Waals surface area contributed by atoms with Crippen molar-refractivity contribution in [1.82, 2.24) is 10.3 Å². The third-order valence-corrected chi connectivity index (χ3v) is 6.33. The van der Waals surface area contributed by atoms with E-state index < -0.39 is 11.7 Å². The van der Waals surface area contributed by atoms with Crippen molar-refractivity contribution >= 4 is 27.9 Å². The molecule has 182 valence electrons. The van der Waals surface area contributed by atoms with Gasteiger partial charge in [-0.15, -0.1) is 0 Å². The number of hydrogen-bond donors (Lipinski definition) is 3. The average Bonchev–Trinajstić information content (AvgIpc) is 3.37. The summed E-state index contributed by atoms with van der Waals surface area (Å²) in [4.78, 5) is 17.1. The lowest BCUT2D eigenvalue weighted by Crippen LogP contribution is -2.31. The molecule has 4 N–H and O–H groups in total. The number of nitrogens with one attached hydrogen (secondary N) is 2. The van der Waals surface area contributed by atoms with Crippen molar-refractivity contribution in [3.05, 3.63) is 76.0 Å². The summed E-state index contributed by atoms with van der Waals surface area (Å²) in [5.74, 6) is -0.00525. The number of hydrogen-bond acceptors (Lipinski definition) is 5. The highest BCUT2D eigenvalue weighted by molar-refractivity contribution is 7.16. The SMILES string of the molecule is CCC/C=C/C(=C\C1=C(C)NC(=O)C1)c1cnc(NCC(N)Cc2ccc(C(F)(F)F)cc2)s1. The number of halogens is 3. The average molecular weight is 491 g/mol. The number of carbonyl (C=O) groups excluding carboxylic acids is 1. The molecule has 0 bridgehead atoms. The summed E-state index contributed by atoms with van der Waals surface area (Å²) in [6.07, 6.45) is 6.43. The number of thiazole rings is 1. The molecule has 0 saturated carbocycles. The predicted octanol–water partition coefficient (Wildman–Crippen LogP) is 5.68. The Balaban J connectivity index is 1.63. The molecule has 0 saturated heterocycles. The highest BCUT2D eigenvalue weighted by Crippen LogP contribution is 2.30. The molecule has 1 aliphatic rings. The molecular weight excluding hydrogens is 461 g/mol. The summed E-state index contributed by atoms with van der Waals surface area (Å²) >= 11 is 1.49. The minimum Gasteiger partial charge on any atom is -0.360 e. The lowest BCUT2D eigenvalue weighted by molar-refractivity contribution is -0.137. The Labute approximate surface area is 201 Å². The predicted molar refractivity (Wildman–Crippen MR) is 131 cm³/mol. The smallest absolute Gasteiger partial charge is 0.360 e. The van der Waals surface area contributed by atoms with Crippen LogP contribution in [0.15, 0.2) is 60.0 Å². The molecule has 0 spiro atoms. The van der Waals surface area contributed by atoms with E-state index in [0.717, 1.165) is 52.3 Å². The van der Waals surface area contributed by atoms with Gasteiger partial charge in [-0.25, -0.2) is 4.98 Å². The van der Waals surface area contributed by atoms with Crippen LogP contribution in [0.25, 0.3) is 5.57 Å². The molecule has 3 rings (SSSR count). The van der Waals surface area contributed by atoms with Crippen LogP contribution in [0.1, 0.15) is 49.1 Å². The minimum absolute atomic E-state index is 0.00525. The van der Waals surface area contributed by atoms with Crippen LogP contribution in [0.3, 0.4) is 0 Å². The van der Waals surface area contributed by atoms with Crippen LogP contribution in [0, 0.1) is 0 Å². The number of carbonyl (C=O) groups is 1. The number of aromatic nitrogens is 1. The Bertz CT molecular complexity index is 1080. The standard InChI is InChI=1S/C25H29F3N4OS/c1-3-4-5-6-18(12-19-13-23(33)32-16(19)2)22-15-31-24(34-22)30-14-21(29)11-17-7-9-20(10-8-17)25(26,27)28/h5-10,12,15,21H,3-4,11,13-14,29H2,1-2H3,(H,30,31)(H,32,33)/b6-5+,18-12+. The van der Waals surface area contributed by atoms with Gasteiger partial charge in [0, 0.05) is 24.5 Å². The van der Waals surface area contributed by atoms with Gasteiger partial charge >= 0.3 is 6.18 Å². The highest BCUT2D eigenvalue weighted by Gasteiger charge is 2.30. The number of benzene rings is 1. The van der Waals surface area contributed by atoms with E-state index in [-0.39, 0.29) is 11.9 Å². The normalized spacial score (nSPS) is 15.8. The van der Waals surface area contributed by atoms with Crippen LogP contribution in [0.2, 0.25) is 0 Å². The van der Waals surface area contributed by atoms with Gasteiger partial charge in [-0.2, -0.15) is 13.2 Å². The van der Waals surface area contributed by atoms with Crippen LogP contribution in [-0.4, -0.2) is 23.5 Å². The van der Waals surface area contributed by atoms with Gasteiger partial charge in [-0.3, -0.25) is 4.79 Å². The molecule has 2 heterocycles. The lowest BCUT2D eigenvalue weighted by Gasteiger charge is -2.13. The van der Waals surface area contributed by atoms with Crippen molar-refractivity contribution in [3.63, 3.8) is 0 Å². The summed E-state index contributed by atoms with van der Waals surface area (Å²) in [5, 5.41) is 6.77. The molecular formula is C25H29F3N4OS. The van der Waals surface area contributed by atoms with Gasteiger partial charge in [0.2, 0.25) is 5.91 Å². The minimum atomic E-state index is -4.34. The fourth-order valence-electron chi connectivity index (χ4n) is 3.48. The van der Waals surface area contributed by atoms with Gasteiger partial charge in [-0.05, 0) is 54.7 Å². The number of amides is 1.